The highest BCUT2D eigenvalue weighted by atomic mass is 15.3. The highest BCUT2D eigenvalue weighted by Crippen LogP contribution is 2.53. The van der Waals surface area contributed by atoms with Crippen molar-refractivity contribution in [2.45, 2.75) is 147 Å². The van der Waals surface area contributed by atoms with Gasteiger partial charge >= 0.3 is 0 Å². The molecule has 13 atom stereocenters. The molecule has 2 saturated carbocycles. The zero-order chi connectivity index (χ0) is 34.4. The predicted octanol–water partition coefficient (Wildman–Crippen LogP) is 9.57. The van der Waals surface area contributed by atoms with Crippen LogP contribution in [0, 0.1) is 75.9 Å². The fourth-order valence-corrected chi connectivity index (χ4v) is 13.1. The molecule has 2 heterocycles. The molecule has 2 aliphatic heterocycles. The molecule has 8 aliphatic rings. The third kappa shape index (κ3) is 6.38. The van der Waals surface area contributed by atoms with Crippen LogP contribution in [0.4, 0.5) is 0 Å². The lowest BCUT2D eigenvalue weighted by molar-refractivity contribution is 0.0729. The fourth-order valence-electron chi connectivity index (χ4n) is 13.1. The van der Waals surface area contributed by atoms with E-state index in [-0.39, 0.29) is 12.1 Å². The Morgan fingerprint density at radius 1 is 0.960 bits per heavy atom. The number of fused-ring (bicyclic) bond motifs is 5. The Morgan fingerprint density at radius 2 is 1.82 bits per heavy atom. The van der Waals surface area contributed by atoms with Crippen molar-refractivity contribution in [2.75, 3.05) is 6.54 Å². The van der Waals surface area contributed by atoms with Gasteiger partial charge in [-0.15, -0.1) is 0 Å². The van der Waals surface area contributed by atoms with Gasteiger partial charge < -0.3 is 10.6 Å². The van der Waals surface area contributed by atoms with E-state index < -0.39 is 0 Å². The normalized spacial score (nSPS) is 40.8. The maximum atomic E-state index is 9.88. The van der Waals surface area contributed by atoms with Crippen LogP contribution in [0.5, 0.6) is 0 Å². The van der Waals surface area contributed by atoms with Gasteiger partial charge in [-0.05, 0) is 137 Å². The molecule has 0 aromatic heterocycles. The molecule has 0 radical (unpaired) electrons. The first-order valence-electron chi connectivity index (χ1n) is 21.0. The van der Waals surface area contributed by atoms with Gasteiger partial charge in [0.2, 0.25) is 0 Å². The molecule has 3 fully saturated rings. The lowest BCUT2D eigenvalue weighted by Crippen LogP contribution is -2.52. The minimum atomic E-state index is 0.0925. The molecular formula is C45H63N5. The standard InChI is InChI=1S/C45H63N5/c1-29-8-6-15-42-44(29)38-12-3-4-14-41(38)50(42)43(48)26-36(35-11-7-10-34(25-35)33-19-16-31(27-46)17-20-33)22-23-49-40-21-18-32(28-47)24-39(40)37-13-5-9-30(2)45(37)49/h4,7,10-11,14,16,29-30,32-33,35-38,41-45H,3,5-6,8-9,12-13,15,17-26,48H2,1-2H3. The number of nitriles is 2. The zero-order valence-electron chi connectivity index (χ0n) is 31.1. The molecule has 2 N–H and O–H groups in total. The number of hydrogen-bond donors (Lipinski definition) is 1. The lowest BCUT2D eigenvalue weighted by atomic mass is 9.70. The second kappa shape index (κ2) is 14.8. The second-order valence-electron chi connectivity index (χ2n) is 18.1. The molecule has 268 valence electrons. The highest BCUT2D eigenvalue weighted by Gasteiger charge is 2.53. The highest BCUT2D eigenvalue weighted by molar-refractivity contribution is 5.32. The summed E-state index contributed by atoms with van der Waals surface area (Å²) in [6.07, 6.45) is 34.8. The van der Waals surface area contributed by atoms with Crippen molar-refractivity contribution in [1.29, 1.82) is 10.5 Å². The average Bonchev–Trinajstić information content (AvgIpc) is 3.67. The molecule has 0 amide bonds. The van der Waals surface area contributed by atoms with Gasteiger partial charge in [-0.1, -0.05) is 75.1 Å². The van der Waals surface area contributed by atoms with E-state index in [1.807, 2.05) is 0 Å². The summed E-state index contributed by atoms with van der Waals surface area (Å²) in [5.74, 6) is 5.57. The number of hydrogen-bond acceptors (Lipinski definition) is 5. The monoisotopic (exact) mass is 674 g/mol. The maximum Gasteiger partial charge on any atom is 0.0943 e. The first-order chi connectivity index (χ1) is 24.4. The van der Waals surface area contributed by atoms with E-state index in [9.17, 15) is 10.5 Å². The summed E-state index contributed by atoms with van der Waals surface area (Å²) in [4.78, 5) is 5.76. The van der Waals surface area contributed by atoms with Crippen LogP contribution in [-0.4, -0.2) is 40.6 Å². The molecule has 13 unspecified atom stereocenters. The summed E-state index contributed by atoms with van der Waals surface area (Å²) in [6.45, 7) is 6.18. The Hall–Kier alpha value is -2.60. The minimum Gasteiger partial charge on any atom is -0.371 e. The van der Waals surface area contributed by atoms with Gasteiger partial charge in [-0.25, -0.2) is 0 Å². The fraction of sp³-hybridized carbons (Fsp3) is 0.733. The van der Waals surface area contributed by atoms with E-state index in [2.05, 4.69) is 72.2 Å². The van der Waals surface area contributed by atoms with Crippen molar-refractivity contribution >= 4 is 0 Å². The lowest BCUT2D eigenvalue weighted by Gasteiger charge is -2.43. The van der Waals surface area contributed by atoms with E-state index in [4.69, 9.17) is 5.73 Å². The van der Waals surface area contributed by atoms with Crippen LogP contribution >= 0.6 is 0 Å². The molecule has 5 heteroatoms. The van der Waals surface area contributed by atoms with Gasteiger partial charge in [0.1, 0.15) is 0 Å². The molecule has 0 aromatic carbocycles. The van der Waals surface area contributed by atoms with Gasteiger partial charge in [0.05, 0.1) is 24.2 Å². The molecule has 1 saturated heterocycles. The molecule has 6 aliphatic carbocycles. The van der Waals surface area contributed by atoms with Crippen molar-refractivity contribution < 1.29 is 0 Å². The molecule has 50 heavy (non-hydrogen) atoms. The Kier molecular flexibility index (Phi) is 10.2. The summed E-state index contributed by atoms with van der Waals surface area (Å²) in [7, 11) is 0. The van der Waals surface area contributed by atoms with Crippen molar-refractivity contribution in [1.82, 2.24) is 9.80 Å². The molecular weight excluding hydrogens is 611 g/mol. The maximum absolute atomic E-state index is 9.88. The van der Waals surface area contributed by atoms with E-state index in [0.717, 1.165) is 81.2 Å². The molecule has 0 spiro atoms. The SMILES string of the molecule is CC1CCCC2C1C1CCC=CC1N2C(N)CC(CCN1C2=C(CC(C#N)CC2)C2CCCC(C)C21)C1C=CC=C(C2CC=C(C#N)CC2)C1. The second-order valence-corrected chi connectivity index (χ2v) is 18.1. The Bertz CT molecular complexity index is 1500. The third-order valence-corrected chi connectivity index (χ3v) is 15.5. The summed E-state index contributed by atoms with van der Waals surface area (Å²) in [6, 6.07) is 6.84. The smallest absolute Gasteiger partial charge is 0.0943 e. The molecule has 5 nitrogen and oxygen atoms in total. The Labute approximate surface area is 303 Å². The minimum absolute atomic E-state index is 0.0925. The van der Waals surface area contributed by atoms with Gasteiger partial charge in [0.25, 0.3) is 0 Å². The predicted molar refractivity (Wildman–Crippen MR) is 202 cm³/mol. The van der Waals surface area contributed by atoms with Crippen LogP contribution in [0.3, 0.4) is 0 Å². The summed E-state index contributed by atoms with van der Waals surface area (Å²) in [5.41, 5.74) is 13.4. The molecule has 0 aromatic rings. The number of allylic oxidation sites excluding steroid dienone is 8. The third-order valence-electron chi connectivity index (χ3n) is 15.5. The van der Waals surface area contributed by atoms with Crippen LogP contribution in [0.25, 0.3) is 0 Å². The van der Waals surface area contributed by atoms with Crippen LogP contribution in [0.2, 0.25) is 0 Å². The average molecular weight is 674 g/mol. The summed E-state index contributed by atoms with van der Waals surface area (Å²) >= 11 is 0. The van der Waals surface area contributed by atoms with E-state index in [0.29, 0.717) is 47.7 Å². The van der Waals surface area contributed by atoms with Crippen LogP contribution in [-0.2, 0) is 0 Å². The molecule has 0 bridgehead atoms. The number of likely N-dealkylation sites (tertiary alicyclic amines) is 1. The number of nitrogens with two attached hydrogens (primary N) is 1. The number of nitrogens with zero attached hydrogens (tertiary/aromatic N) is 4. The van der Waals surface area contributed by atoms with E-state index in [1.165, 1.54) is 57.8 Å². The van der Waals surface area contributed by atoms with Gasteiger partial charge in [-0.3, -0.25) is 4.90 Å². The van der Waals surface area contributed by atoms with E-state index >= 15 is 0 Å². The van der Waals surface area contributed by atoms with Crippen molar-refractivity contribution in [3.63, 3.8) is 0 Å². The van der Waals surface area contributed by atoms with Crippen molar-refractivity contribution in [3.05, 3.63) is 58.9 Å². The Balaban J connectivity index is 1.05. The van der Waals surface area contributed by atoms with Crippen molar-refractivity contribution in [2.24, 2.45) is 59.0 Å². The quantitative estimate of drug-likeness (QED) is 0.260. The van der Waals surface area contributed by atoms with Gasteiger partial charge in [0, 0.05) is 41.9 Å². The van der Waals surface area contributed by atoms with Crippen LogP contribution in [0.15, 0.2) is 58.9 Å². The topological polar surface area (TPSA) is 80.1 Å². The van der Waals surface area contributed by atoms with Gasteiger partial charge in [0.15, 0.2) is 0 Å². The van der Waals surface area contributed by atoms with Crippen LogP contribution < -0.4 is 5.73 Å². The summed E-state index contributed by atoms with van der Waals surface area (Å²) in [5, 5.41) is 19.4. The van der Waals surface area contributed by atoms with Crippen LogP contribution in [0.1, 0.15) is 123 Å². The summed E-state index contributed by atoms with van der Waals surface area (Å²) < 4.78 is 0. The first-order valence-corrected chi connectivity index (χ1v) is 21.0. The Morgan fingerprint density at radius 3 is 2.64 bits per heavy atom. The van der Waals surface area contributed by atoms with Crippen molar-refractivity contribution in [3.8, 4) is 12.1 Å². The number of rotatable bonds is 8. The first kappa shape index (κ1) is 34.5. The van der Waals surface area contributed by atoms with Gasteiger partial charge in [-0.2, -0.15) is 10.5 Å². The van der Waals surface area contributed by atoms with E-state index in [1.54, 1.807) is 16.8 Å². The zero-order valence-corrected chi connectivity index (χ0v) is 31.1. The largest absolute Gasteiger partial charge is 0.371 e. The molecule has 8 rings (SSSR count).